The van der Waals surface area contributed by atoms with Crippen LogP contribution in [0.3, 0.4) is 0 Å². The lowest BCUT2D eigenvalue weighted by Crippen LogP contribution is -2.33. The summed E-state index contributed by atoms with van der Waals surface area (Å²) in [5.74, 6) is -0.0312. The summed E-state index contributed by atoms with van der Waals surface area (Å²) in [4.78, 5) is 12.0. The van der Waals surface area contributed by atoms with Gasteiger partial charge in [0.1, 0.15) is 0 Å². The number of carbonyl (C=O) groups is 1. The summed E-state index contributed by atoms with van der Waals surface area (Å²) in [6, 6.07) is 8.44. The lowest BCUT2D eigenvalue weighted by Gasteiger charge is -2.16. The molecule has 0 spiro atoms. The van der Waals surface area contributed by atoms with Gasteiger partial charge in [0.05, 0.1) is 5.92 Å². The van der Waals surface area contributed by atoms with Crippen LogP contribution in [0, 0.1) is 0 Å². The number of benzene rings is 1. The van der Waals surface area contributed by atoms with E-state index in [2.05, 4.69) is 17.4 Å². The fourth-order valence-corrected chi connectivity index (χ4v) is 2.28. The zero-order chi connectivity index (χ0) is 14.0. The second-order valence-corrected chi connectivity index (χ2v) is 6.17. The highest BCUT2D eigenvalue weighted by Crippen LogP contribution is 2.35. The van der Waals surface area contributed by atoms with Gasteiger partial charge in [-0.1, -0.05) is 24.3 Å². The molecular formula is C16H24N2O. The number of carbonyl (C=O) groups excluding carboxylic acids is 1. The Hall–Kier alpha value is -1.35. The Morgan fingerprint density at radius 2 is 2.05 bits per heavy atom. The van der Waals surface area contributed by atoms with Crippen molar-refractivity contribution in [1.29, 1.82) is 0 Å². The number of rotatable bonds is 5. The van der Waals surface area contributed by atoms with Gasteiger partial charge < -0.3 is 11.1 Å². The molecule has 104 valence electrons. The van der Waals surface area contributed by atoms with Crippen LogP contribution in [0.15, 0.2) is 24.3 Å². The fraction of sp³-hybridized carbons (Fsp3) is 0.562. The Bertz CT molecular complexity index is 464. The van der Waals surface area contributed by atoms with E-state index in [-0.39, 0.29) is 23.4 Å². The van der Waals surface area contributed by atoms with E-state index in [1.165, 1.54) is 5.56 Å². The van der Waals surface area contributed by atoms with Crippen molar-refractivity contribution < 1.29 is 4.79 Å². The number of hydrogen-bond acceptors (Lipinski definition) is 2. The molecule has 3 heteroatoms. The van der Waals surface area contributed by atoms with Gasteiger partial charge in [-0.15, -0.1) is 0 Å². The summed E-state index contributed by atoms with van der Waals surface area (Å²) >= 11 is 0. The first-order chi connectivity index (χ1) is 8.89. The van der Waals surface area contributed by atoms with Crippen molar-refractivity contribution in [3.8, 4) is 0 Å². The predicted molar refractivity (Wildman–Crippen MR) is 78.0 cm³/mol. The fourth-order valence-electron chi connectivity index (χ4n) is 2.28. The molecule has 0 bridgehead atoms. The first-order valence-corrected chi connectivity index (χ1v) is 7.08. The van der Waals surface area contributed by atoms with Crippen molar-refractivity contribution in [2.24, 2.45) is 5.73 Å². The third kappa shape index (κ3) is 3.80. The lowest BCUT2D eigenvalue weighted by atomic mass is 9.95. The van der Waals surface area contributed by atoms with Gasteiger partial charge in [-0.05, 0) is 51.2 Å². The SMILES string of the molecule is CC(C)NC(=O)C(C)c1cccc(CC2(N)CC2)c1. The van der Waals surface area contributed by atoms with Gasteiger partial charge in [-0.25, -0.2) is 0 Å². The lowest BCUT2D eigenvalue weighted by molar-refractivity contribution is -0.122. The largest absolute Gasteiger partial charge is 0.353 e. The molecule has 1 aromatic rings. The highest BCUT2D eigenvalue weighted by Gasteiger charge is 2.37. The van der Waals surface area contributed by atoms with E-state index in [1.54, 1.807) is 0 Å². The molecule has 1 aliphatic rings. The number of nitrogens with one attached hydrogen (secondary N) is 1. The third-order valence-electron chi connectivity index (χ3n) is 3.72. The third-order valence-corrected chi connectivity index (χ3v) is 3.72. The minimum Gasteiger partial charge on any atom is -0.353 e. The summed E-state index contributed by atoms with van der Waals surface area (Å²) in [5.41, 5.74) is 8.47. The maximum atomic E-state index is 12.0. The molecule has 19 heavy (non-hydrogen) atoms. The molecule has 1 fully saturated rings. The van der Waals surface area contributed by atoms with Crippen LogP contribution in [0.4, 0.5) is 0 Å². The normalized spacial score (nSPS) is 18.2. The summed E-state index contributed by atoms with van der Waals surface area (Å²) in [6.45, 7) is 5.91. The molecule has 1 aromatic carbocycles. The van der Waals surface area contributed by atoms with Crippen LogP contribution in [0.2, 0.25) is 0 Å². The molecule has 1 unspecified atom stereocenters. The highest BCUT2D eigenvalue weighted by atomic mass is 16.1. The average Bonchev–Trinajstić information content (AvgIpc) is 3.05. The maximum Gasteiger partial charge on any atom is 0.227 e. The Morgan fingerprint density at radius 1 is 1.37 bits per heavy atom. The van der Waals surface area contributed by atoms with E-state index in [9.17, 15) is 4.79 Å². The van der Waals surface area contributed by atoms with E-state index in [0.29, 0.717) is 0 Å². The van der Waals surface area contributed by atoms with Crippen molar-refractivity contribution >= 4 is 5.91 Å². The summed E-state index contributed by atoms with van der Waals surface area (Å²) < 4.78 is 0. The number of nitrogens with two attached hydrogens (primary N) is 1. The molecule has 2 rings (SSSR count). The minimum atomic E-state index is -0.115. The van der Waals surface area contributed by atoms with Crippen LogP contribution in [-0.2, 0) is 11.2 Å². The topological polar surface area (TPSA) is 55.1 Å². The molecule has 1 saturated carbocycles. The first kappa shape index (κ1) is 14.1. The Morgan fingerprint density at radius 3 is 2.63 bits per heavy atom. The summed E-state index contributed by atoms with van der Waals surface area (Å²) in [6.07, 6.45) is 3.14. The van der Waals surface area contributed by atoms with E-state index in [0.717, 1.165) is 24.8 Å². The van der Waals surface area contributed by atoms with Crippen LogP contribution in [0.25, 0.3) is 0 Å². The maximum absolute atomic E-state index is 12.0. The Kier molecular flexibility index (Phi) is 3.95. The van der Waals surface area contributed by atoms with Crippen LogP contribution >= 0.6 is 0 Å². The zero-order valence-electron chi connectivity index (χ0n) is 12.1. The first-order valence-electron chi connectivity index (χ1n) is 7.08. The van der Waals surface area contributed by atoms with E-state index < -0.39 is 0 Å². The highest BCUT2D eigenvalue weighted by molar-refractivity contribution is 5.83. The second kappa shape index (κ2) is 5.33. The van der Waals surface area contributed by atoms with Crippen molar-refractivity contribution in [3.05, 3.63) is 35.4 Å². The predicted octanol–water partition coefficient (Wildman–Crippen LogP) is 2.35. The number of amides is 1. The zero-order valence-corrected chi connectivity index (χ0v) is 12.1. The average molecular weight is 260 g/mol. The van der Waals surface area contributed by atoms with Crippen LogP contribution in [0.5, 0.6) is 0 Å². The van der Waals surface area contributed by atoms with Gasteiger partial charge in [0.2, 0.25) is 5.91 Å². The smallest absolute Gasteiger partial charge is 0.227 e. The molecule has 1 atom stereocenters. The molecule has 3 N–H and O–H groups in total. The molecule has 0 aromatic heterocycles. The molecular weight excluding hydrogens is 236 g/mol. The van der Waals surface area contributed by atoms with Crippen LogP contribution < -0.4 is 11.1 Å². The van der Waals surface area contributed by atoms with Crippen molar-refractivity contribution in [2.45, 2.75) is 57.5 Å². The van der Waals surface area contributed by atoms with Crippen LogP contribution in [-0.4, -0.2) is 17.5 Å². The minimum absolute atomic E-state index is 0.0159. The standard InChI is InChI=1S/C16H24N2O/c1-11(2)18-15(19)12(3)14-6-4-5-13(9-14)10-16(17)7-8-16/h4-6,9,11-12H,7-8,10,17H2,1-3H3,(H,18,19). The number of hydrogen-bond donors (Lipinski definition) is 2. The molecule has 1 amide bonds. The monoisotopic (exact) mass is 260 g/mol. The van der Waals surface area contributed by atoms with Gasteiger partial charge in [-0.2, -0.15) is 0 Å². The molecule has 0 saturated heterocycles. The molecule has 3 nitrogen and oxygen atoms in total. The Balaban J connectivity index is 2.07. The van der Waals surface area contributed by atoms with E-state index in [4.69, 9.17) is 5.73 Å². The van der Waals surface area contributed by atoms with Crippen molar-refractivity contribution in [1.82, 2.24) is 5.32 Å². The van der Waals surface area contributed by atoms with E-state index >= 15 is 0 Å². The van der Waals surface area contributed by atoms with Gasteiger partial charge in [0.15, 0.2) is 0 Å². The summed E-state index contributed by atoms with van der Waals surface area (Å²) in [7, 11) is 0. The molecule has 0 aliphatic heterocycles. The van der Waals surface area contributed by atoms with E-state index in [1.807, 2.05) is 32.9 Å². The molecule has 0 radical (unpaired) electrons. The van der Waals surface area contributed by atoms with Crippen LogP contribution in [0.1, 0.15) is 50.7 Å². The van der Waals surface area contributed by atoms with Crippen molar-refractivity contribution in [3.63, 3.8) is 0 Å². The Labute approximate surface area is 115 Å². The van der Waals surface area contributed by atoms with Gasteiger partial charge in [0, 0.05) is 11.6 Å². The van der Waals surface area contributed by atoms with Gasteiger partial charge in [0.25, 0.3) is 0 Å². The summed E-state index contributed by atoms with van der Waals surface area (Å²) in [5, 5.41) is 2.96. The van der Waals surface area contributed by atoms with Crippen molar-refractivity contribution in [2.75, 3.05) is 0 Å². The van der Waals surface area contributed by atoms with Gasteiger partial charge in [-0.3, -0.25) is 4.79 Å². The second-order valence-electron chi connectivity index (χ2n) is 6.17. The molecule has 1 aliphatic carbocycles. The molecule has 0 heterocycles. The quantitative estimate of drug-likeness (QED) is 0.854. The van der Waals surface area contributed by atoms with Gasteiger partial charge >= 0.3 is 0 Å².